The van der Waals surface area contributed by atoms with E-state index in [1.54, 1.807) is 11.0 Å². The van der Waals surface area contributed by atoms with E-state index in [1.165, 1.54) is 12.1 Å². The maximum Gasteiger partial charge on any atom is 0.265 e. The van der Waals surface area contributed by atoms with E-state index < -0.39 is 0 Å². The molecular weight excluding hydrogens is 384 g/mol. The molecule has 0 aromatic heterocycles. The lowest BCUT2D eigenvalue weighted by Gasteiger charge is -2.30. The van der Waals surface area contributed by atoms with E-state index in [2.05, 4.69) is 22.6 Å². The molecule has 0 radical (unpaired) electrons. The Morgan fingerprint density at radius 3 is 2.86 bits per heavy atom. The molecule has 108 valence electrons. The van der Waals surface area contributed by atoms with Crippen LogP contribution in [0.1, 0.15) is 11.1 Å². The van der Waals surface area contributed by atoms with Gasteiger partial charge in [0.1, 0.15) is 11.6 Å². The third kappa shape index (κ3) is 2.88. The van der Waals surface area contributed by atoms with Gasteiger partial charge in [0.25, 0.3) is 5.91 Å². The van der Waals surface area contributed by atoms with E-state index in [4.69, 9.17) is 4.74 Å². The lowest BCUT2D eigenvalue weighted by molar-refractivity contribution is -0.121. The molecule has 3 nitrogen and oxygen atoms in total. The minimum Gasteiger partial charge on any atom is -0.482 e. The normalized spacial score (nSPS) is 13.9. The highest BCUT2D eigenvalue weighted by molar-refractivity contribution is 14.1. The fourth-order valence-electron chi connectivity index (χ4n) is 2.36. The van der Waals surface area contributed by atoms with Gasteiger partial charge in [-0.3, -0.25) is 4.79 Å². The van der Waals surface area contributed by atoms with Crippen LogP contribution in [-0.4, -0.2) is 12.5 Å². The minimum atomic E-state index is -0.264. The number of nitrogens with zero attached hydrogens (tertiary/aromatic N) is 1. The first-order valence-electron chi connectivity index (χ1n) is 6.52. The maximum absolute atomic E-state index is 13.2. The number of amides is 1. The van der Waals surface area contributed by atoms with Crippen LogP contribution in [0.15, 0.2) is 36.4 Å². The van der Waals surface area contributed by atoms with Crippen LogP contribution in [0.4, 0.5) is 10.1 Å². The van der Waals surface area contributed by atoms with Crippen molar-refractivity contribution in [2.75, 3.05) is 11.5 Å². The second-order valence-corrected chi connectivity index (χ2v) is 6.20. The van der Waals surface area contributed by atoms with Gasteiger partial charge < -0.3 is 9.64 Å². The Kier molecular flexibility index (Phi) is 3.84. The first-order valence-corrected chi connectivity index (χ1v) is 7.60. The maximum atomic E-state index is 13.2. The van der Waals surface area contributed by atoms with Gasteiger partial charge in [-0.25, -0.2) is 4.39 Å². The lowest BCUT2D eigenvalue weighted by atomic mass is 10.1. The summed E-state index contributed by atoms with van der Waals surface area (Å²) in [5, 5.41) is 0. The van der Waals surface area contributed by atoms with E-state index in [9.17, 15) is 9.18 Å². The first-order chi connectivity index (χ1) is 10.0. The minimum absolute atomic E-state index is 0.0356. The van der Waals surface area contributed by atoms with Crippen LogP contribution in [0.3, 0.4) is 0 Å². The van der Waals surface area contributed by atoms with Crippen molar-refractivity contribution in [1.29, 1.82) is 0 Å². The largest absolute Gasteiger partial charge is 0.482 e. The van der Waals surface area contributed by atoms with Crippen LogP contribution in [0, 0.1) is 16.3 Å². The van der Waals surface area contributed by atoms with E-state index in [1.807, 2.05) is 25.1 Å². The van der Waals surface area contributed by atoms with Crippen molar-refractivity contribution < 1.29 is 13.9 Å². The number of fused-ring (bicyclic) bond motifs is 1. The number of carbonyl (C=O) groups excluding carboxylic acids is 1. The van der Waals surface area contributed by atoms with Gasteiger partial charge in [-0.2, -0.15) is 0 Å². The van der Waals surface area contributed by atoms with Gasteiger partial charge in [0, 0.05) is 3.57 Å². The van der Waals surface area contributed by atoms with Crippen molar-refractivity contribution in [2.45, 2.75) is 13.5 Å². The molecule has 5 heteroatoms. The monoisotopic (exact) mass is 397 g/mol. The Labute approximate surface area is 135 Å². The fourth-order valence-corrected chi connectivity index (χ4v) is 2.83. The quantitative estimate of drug-likeness (QED) is 0.724. The molecule has 0 saturated heterocycles. The van der Waals surface area contributed by atoms with Gasteiger partial charge in [0.15, 0.2) is 6.61 Å². The number of aryl methyl sites for hydroxylation is 1. The van der Waals surface area contributed by atoms with Crippen LogP contribution in [0.25, 0.3) is 0 Å². The SMILES string of the molecule is Cc1cc(F)ccc1CN1C(=O)COc2ccc(I)cc21. The molecular formula is C16H13FINO2. The van der Waals surface area contributed by atoms with Crippen molar-refractivity contribution in [3.05, 3.63) is 56.9 Å². The molecule has 0 fully saturated rings. The molecule has 0 bridgehead atoms. The number of halogens is 2. The topological polar surface area (TPSA) is 29.5 Å². The highest BCUT2D eigenvalue weighted by atomic mass is 127. The second kappa shape index (κ2) is 5.63. The number of rotatable bonds is 2. The fraction of sp³-hybridized carbons (Fsp3) is 0.188. The zero-order valence-electron chi connectivity index (χ0n) is 11.4. The zero-order valence-corrected chi connectivity index (χ0v) is 13.6. The molecule has 0 saturated carbocycles. The number of carbonyl (C=O) groups is 1. The van der Waals surface area contributed by atoms with E-state index in [0.29, 0.717) is 12.3 Å². The molecule has 3 rings (SSSR count). The predicted molar refractivity (Wildman–Crippen MR) is 87.0 cm³/mol. The first kappa shape index (κ1) is 14.3. The van der Waals surface area contributed by atoms with Crippen LogP contribution in [-0.2, 0) is 11.3 Å². The summed E-state index contributed by atoms with van der Waals surface area (Å²) < 4.78 is 19.7. The van der Waals surface area contributed by atoms with Gasteiger partial charge in [-0.15, -0.1) is 0 Å². The van der Waals surface area contributed by atoms with Crippen LogP contribution >= 0.6 is 22.6 Å². The molecule has 0 unspecified atom stereocenters. The average Bonchev–Trinajstić information content (AvgIpc) is 2.44. The molecule has 21 heavy (non-hydrogen) atoms. The van der Waals surface area contributed by atoms with Gasteiger partial charge in [0.2, 0.25) is 0 Å². The average molecular weight is 397 g/mol. The lowest BCUT2D eigenvalue weighted by Crippen LogP contribution is -2.38. The summed E-state index contributed by atoms with van der Waals surface area (Å²) in [5.41, 5.74) is 2.53. The molecule has 0 aliphatic carbocycles. The van der Waals surface area contributed by atoms with E-state index >= 15 is 0 Å². The Morgan fingerprint density at radius 1 is 1.29 bits per heavy atom. The summed E-state index contributed by atoms with van der Waals surface area (Å²) in [7, 11) is 0. The molecule has 0 atom stereocenters. The number of benzene rings is 2. The van der Waals surface area contributed by atoms with Crippen LogP contribution < -0.4 is 9.64 Å². The smallest absolute Gasteiger partial charge is 0.265 e. The van der Waals surface area contributed by atoms with Gasteiger partial charge in [-0.05, 0) is 71.0 Å². The Balaban J connectivity index is 1.98. The summed E-state index contributed by atoms with van der Waals surface area (Å²) in [6.45, 7) is 2.30. The Bertz CT molecular complexity index is 717. The second-order valence-electron chi connectivity index (χ2n) is 4.95. The Morgan fingerprint density at radius 2 is 2.10 bits per heavy atom. The number of anilines is 1. The Hall–Kier alpha value is -1.63. The molecule has 0 spiro atoms. The van der Waals surface area contributed by atoms with Crippen molar-refractivity contribution in [2.24, 2.45) is 0 Å². The highest BCUT2D eigenvalue weighted by Gasteiger charge is 2.26. The number of hydrogen-bond acceptors (Lipinski definition) is 2. The van der Waals surface area contributed by atoms with E-state index in [0.717, 1.165) is 20.4 Å². The summed E-state index contributed by atoms with van der Waals surface area (Å²) >= 11 is 2.20. The summed E-state index contributed by atoms with van der Waals surface area (Å²) in [4.78, 5) is 13.9. The molecule has 2 aromatic carbocycles. The van der Waals surface area contributed by atoms with Crippen molar-refractivity contribution in [3.8, 4) is 5.75 Å². The molecule has 1 aliphatic heterocycles. The summed E-state index contributed by atoms with van der Waals surface area (Å²) in [5.74, 6) is 0.350. The molecule has 2 aromatic rings. The van der Waals surface area contributed by atoms with Crippen LogP contribution in [0.5, 0.6) is 5.75 Å². The van der Waals surface area contributed by atoms with Gasteiger partial charge in [-0.1, -0.05) is 6.07 Å². The third-order valence-corrected chi connectivity index (χ3v) is 4.17. The number of ether oxygens (including phenoxy) is 1. The molecule has 1 amide bonds. The van der Waals surface area contributed by atoms with E-state index in [-0.39, 0.29) is 18.3 Å². The molecule has 0 N–H and O–H groups in total. The summed E-state index contributed by atoms with van der Waals surface area (Å²) in [6, 6.07) is 10.4. The van der Waals surface area contributed by atoms with Gasteiger partial charge >= 0.3 is 0 Å². The highest BCUT2D eigenvalue weighted by Crippen LogP contribution is 2.34. The molecule has 1 heterocycles. The number of hydrogen-bond donors (Lipinski definition) is 0. The van der Waals surface area contributed by atoms with Gasteiger partial charge in [0.05, 0.1) is 12.2 Å². The summed E-state index contributed by atoms with van der Waals surface area (Å²) in [6.07, 6.45) is 0. The zero-order chi connectivity index (χ0) is 15.0. The standard InChI is InChI=1S/C16H13FINO2/c1-10-6-12(17)3-2-11(10)8-19-14-7-13(18)4-5-15(14)21-9-16(19)20/h2-7H,8-9H2,1H3. The molecule has 1 aliphatic rings. The van der Waals surface area contributed by atoms with Crippen molar-refractivity contribution in [1.82, 2.24) is 0 Å². The van der Waals surface area contributed by atoms with Crippen LogP contribution in [0.2, 0.25) is 0 Å². The van der Waals surface area contributed by atoms with Crippen molar-refractivity contribution in [3.63, 3.8) is 0 Å². The van der Waals surface area contributed by atoms with Crippen molar-refractivity contribution >= 4 is 34.2 Å². The predicted octanol–water partition coefficient (Wildman–Crippen LogP) is 3.66. The third-order valence-electron chi connectivity index (χ3n) is 3.50.